The molecule has 0 radical (unpaired) electrons. The molecule has 3 nitrogen and oxygen atoms in total. The van der Waals surface area contributed by atoms with E-state index in [1.54, 1.807) is 16.8 Å². The van der Waals surface area contributed by atoms with E-state index in [1.165, 1.54) is 11.1 Å². The van der Waals surface area contributed by atoms with Gasteiger partial charge in [0, 0.05) is 18.1 Å². The molecule has 0 aliphatic heterocycles. The van der Waals surface area contributed by atoms with Crippen molar-refractivity contribution in [3.05, 3.63) is 39.3 Å². The zero-order valence-corrected chi connectivity index (χ0v) is 11.5. The van der Waals surface area contributed by atoms with Gasteiger partial charge in [-0.15, -0.1) is 10.2 Å². The van der Waals surface area contributed by atoms with Crippen LogP contribution < -0.4 is 4.90 Å². The minimum Gasteiger partial charge on any atom is -0.345 e. The first-order valence-electron chi connectivity index (χ1n) is 4.89. The predicted octanol–water partition coefficient (Wildman–Crippen LogP) is 3.25. The fourth-order valence-corrected chi connectivity index (χ4v) is 2.50. The molecule has 0 amide bonds. The molecule has 0 spiro atoms. The van der Waals surface area contributed by atoms with E-state index in [4.69, 9.17) is 0 Å². The van der Waals surface area contributed by atoms with Crippen LogP contribution in [0.1, 0.15) is 11.1 Å². The smallest absolute Gasteiger partial charge is 0.208 e. The molecule has 16 heavy (non-hydrogen) atoms. The molecule has 1 aromatic heterocycles. The summed E-state index contributed by atoms with van der Waals surface area (Å²) in [6, 6.07) is 6.33. The Bertz CT molecular complexity index is 470. The van der Waals surface area contributed by atoms with Gasteiger partial charge in [-0.1, -0.05) is 33.3 Å². The summed E-state index contributed by atoms with van der Waals surface area (Å²) in [6.45, 7) is 2.97. The van der Waals surface area contributed by atoms with Gasteiger partial charge < -0.3 is 4.90 Å². The molecule has 0 fully saturated rings. The number of anilines is 1. The Balaban J connectivity index is 2.15. The van der Waals surface area contributed by atoms with E-state index in [9.17, 15) is 0 Å². The van der Waals surface area contributed by atoms with Crippen molar-refractivity contribution in [2.45, 2.75) is 13.5 Å². The fraction of sp³-hybridized carbons (Fsp3) is 0.273. The Morgan fingerprint density at radius 3 is 2.88 bits per heavy atom. The number of hydrogen-bond acceptors (Lipinski definition) is 4. The van der Waals surface area contributed by atoms with E-state index in [0.29, 0.717) is 0 Å². The summed E-state index contributed by atoms with van der Waals surface area (Å²) in [5, 5.41) is 8.83. The van der Waals surface area contributed by atoms with Gasteiger partial charge in [0.15, 0.2) is 0 Å². The second-order valence-corrected chi connectivity index (χ2v) is 5.38. The maximum Gasteiger partial charge on any atom is 0.208 e. The SMILES string of the molecule is Cc1cc(Br)ccc1CN(C)c1nncs1. The number of nitrogens with zero attached hydrogens (tertiary/aromatic N) is 3. The average molecular weight is 298 g/mol. The van der Waals surface area contributed by atoms with Gasteiger partial charge in [0.25, 0.3) is 0 Å². The molecular weight excluding hydrogens is 286 g/mol. The van der Waals surface area contributed by atoms with Crippen molar-refractivity contribution in [1.29, 1.82) is 0 Å². The molecule has 0 N–H and O–H groups in total. The maximum atomic E-state index is 4.04. The van der Waals surface area contributed by atoms with E-state index in [2.05, 4.69) is 56.2 Å². The average Bonchev–Trinajstić information content (AvgIpc) is 2.75. The van der Waals surface area contributed by atoms with E-state index in [0.717, 1.165) is 16.1 Å². The van der Waals surface area contributed by atoms with Gasteiger partial charge in [0.2, 0.25) is 5.13 Å². The topological polar surface area (TPSA) is 29.0 Å². The molecule has 5 heteroatoms. The Kier molecular flexibility index (Phi) is 3.56. The molecule has 1 aromatic carbocycles. The van der Waals surface area contributed by atoms with Crippen LogP contribution in [0.3, 0.4) is 0 Å². The van der Waals surface area contributed by atoms with Crippen LogP contribution in [-0.2, 0) is 6.54 Å². The Morgan fingerprint density at radius 1 is 1.44 bits per heavy atom. The highest BCUT2D eigenvalue weighted by molar-refractivity contribution is 9.10. The molecule has 1 heterocycles. The van der Waals surface area contributed by atoms with E-state index >= 15 is 0 Å². The Hall–Kier alpha value is -0.940. The summed E-state index contributed by atoms with van der Waals surface area (Å²) in [7, 11) is 2.03. The first-order chi connectivity index (χ1) is 7.66. The quantitative estimate of drug-likeness (QED) is 0.871. The van der Waals surface area contributed by atoms with Crippen molar-refractivity contribution in [3.8, 4) is 0 Å². The van der Waals surface area contributed by atoms with Crippen molar-refractivity contribution < 1.29 is 0 Å². The lowest BCUT2D eigenvalue weighted by Gasteiger charge is -2.16. The summed E-state index contributed by atoms with van der Waals surface area (Å²) in [5.74, 6) is 0. The monoisotopic (exact) mass is 297 g/mol. The zero-order chi connectivity index (χ0) is 11.5. The number of rotatable bonds is 3. The van der Waals surface area contributed by atoms with Gasteiger partial charge in [0.1, 0.15) is 5.51 Å². The van der Waals surface area contributed by atoms with E-state index in [-0.39, 0.29) is 0 Å². The van der Waals surface area contributed by atoms with Crippen LogP contribution >= 0.6 is 27.3 Å². The molecule has 0 saturated carbocycles. The number of halogens is 1. The van der Waals surface area contributed by atoms with Crippen molar-refractivity contribution in [1.82, 2.24) is 10.2 Å². The fourth-order valence-electron chi connectivity index (χ4n) is 1.49. The summed E-state index contributed by atoms with van der Waals surface area (Å²) in [4.78, 5) is 2.11. The molecule has 0 unspecified atom stereocenters. The molecule has 0 saturated heterocycles. The van der Waals surface area contributed by atoms with Crippen molar-refractivity contribution in [2.75, 3.05) is 11.9 Å². The van der Waals surface area contributed by atoms with Crippen molar-refractivity contribution in [2.24, 2.45) is 0 Å². The minimum absolute atomic E-state index is 0.855. The number of aromatic nitrogens is 2. The summed E-state index contributed by atoms with van der Waals surface area (Å²) in [6.07, 6.45) is 0. The largest absolute Gasteiger partial charge is 0.345 e. The molecule has 2 aromatic rings. The van der Waals surface area contributed by atoms with Crippen molar-refractivity contribution in [3.63, 3.8) is 0 Å². The van der Waals surface area contributed by atoms with Crippen LogP contribution in [0, 0.1) is 6.92 Å². The Morgan fingerprint density at radius 2 is 2.25 bits per heavy atom. The molecule has 2 rings (SSSR count). The third-order valence-corrected chi connectivity index (χ3v) is 3.68. The third kappa shape index (κ3) is 2.59. The molecule has 0 aliphatic carbocycles. The van der Waals surface area contributed by atoms with Crippen LogP contribution in [0.4, 0.5) is 5.13 Å². The second kappa shape index (κ2) is 4.93. The highest BCUT2D eigenvalue weighted by atomic mass is 79.9. The zero-order valence-electron chi connectivity index (χ0n) is 9.14. The third-order valence-electron chi connectivity index (χ3n) is 2.39. The lowest BCUT2D eigenvalue weighted by Crippen LogP contribution is -2.16. The van der Waals surface area contributed by atoms with Gasteiger partial charge >= 0.3 is 0 Å². The highest BCUT2D eigenvalue weighted by Gasteiger charge is 2.07. The summed E-state index contributed by atoms with van der Waals surface area (Å²) in [5.41, 5.74) is 4.34. The lowest BCUT2D eigenvalue weighted by atomic mass is 10.1. The number of benzene rings is 1. The van der Waals surface area contributed by atoms with Gasteiger partial charge in [-0.25, -0.2) is 0 Å². The summed E-state index contributed by atoms with van der Waals surface area (Å²) < 4.78 is 1.12. The first kappa shape index (κ1) is 11.5. The molecule has 84 valence electrons. The maximum absolute atomic E-state index is 4.04. The van der Waals surface area contributed by atoms with Crippen LogP contribution in [0.25, 0.3) is 0 Å². The second-order valence-electron chi connectivity index (χ2n) is 3.65. The van der Waals surface area contributed by atoms with Gasteiger partial charge in [-0.05, 0) is 30.2 Å². The normalized spacial score (nSPS) is 10.4. The van der Waals surface area contributed by atoms with Gasteiger partial charge in [0.05, 0.1) is 0 Å². The van der Waals surface area contributed by atoms with Crippen LogP contribution in [0.5, 0.6) is 0 Å². The lowest BCUT2D eigenvalue weighted by molar-refractivity contribution is 0.887. The molecular formula is C11H12BrN3S. The van der Waals surface area contributed by atoms with Crippen LogP contribution in [0.2, 0.25) is 0 Å². The van der Waals surface area contributed by atoms with Gasteiger partial charge in [-0.3, -0.25) is 0 Å². The van der Waals surface area contributed by atoms with Crippen LogP contribution in [0.15, 0.2) is 28.2 Å². The number of aryl methyl sites for hydroxylation is 1. The Labute approximate surface area is 107 Å². The highest BCUT2D eigenvalue weighted by Crippen LogP contribution is 2.20. The molecule has 0 atom stereocenters. The van der Waals surface area contributed by atoms with Crippen molar-refractivity contribution >= 4 is 32.4 Å². The molecule has 0 bridgehead atoms. The summed E-state index contributed by atoms with van der Waals surface area (Å²) >= 11 is 5.02. The first-order valence-corrected chi connectivity index (χ1v) is 6.56. The van der Waals surface area contributed by atoms with E-state index in [1.807, 2.05) is 7.05 Å². The minimum atomic E-state index is 0.855. The standard InChI is InChI=1S/C11H12BrN3S/c1-8-5-10(12)4-3-9(8)6-15(2)11-14-13-7-16-11/h3-5,7H,6H2,1-2H3. The predicted molar refractivity (Wildman–Crippen MR) is 70.9 cm³/mol. The number of hydrogen-bond donors (Lipinski definition) is 0. The molecule has 0 aliphatic rings. The van der Waals surface area contributed by atoms with Gasteiger partial charge in [-0.2, -0.15) is 0 Å². The van der Waals surface area contributed by atoms with Crippen LogP contribution in [-0.4, -0.2) is 17.2 Å². The van der Waals surface area contributed by atoms with E-state index < -0.39 is 0 Å².